The molecule has 0 unspecified atom stereocenters. The first-order chi connectivity index (χ1) is 8.84. The maximum atomic E-state index is 9.00. The van der Waals surface area contributed by atoms with Gasteiger partial charge in [-0.05, 0) is 0 Å². The smallest absolute Gasteiger partial charge is 0.481 e. The molecule has 12 heteroatoms. The van der Waals surface area contributed by atoms with Crippen molar-refractivity contribution < 1.29 is 56.7 Å². The second-order valence-electron chi connectivity index (χ2n) is 2.65. The standard InChI is InChI=1S/C2H8N2.4C2H4O2.Fe.H3N/c3-1-2-4;4*1-2(3)4;;/h1-4H2;4*1H3,(H,3,4);;1H3/q;;;;;+3;/p+1. The average molecular weight is 374 g/mol. The molecule has 11 nitrogen and oxygen atoms in total. The molecule has 0 aliphatic heterocycles. The molecule has 0 heterocycles. The van der Waals surface area contributed by atoms with Crippen LogP contribution in [0.25, 0.3) is 0 Å². The Labute approximate surface area is 139 Å². The SMILES string of the molecule is CC(=O)O.CC(=O)O.CC(=O)O.CC(=O)O.NCCN.[Fe+3].[NH4+]. The molecule has 0 atom stereocenters. The maximum absolute atomic E-state index is 9.00. The van der Waals surface area contributed by atoms with E-state index in [1.165, 1.54) is 0 Å². The number of carbonyl (C=O) groups is 4. The molecule has 0 aliphatic rings. The molecule has 0 aliphatic carbocycles. The first-order valence-electron chi connectivity index (χ1n) is 5.03. The molecule has 1 radical (unpaired) electrons. The van der Waals surface area contributed by atoms with Gasteiger partial charge in [-0.1, -0.05) is 0 Å². The minimum absolute atomic E-state index is 0. The Morgan fingerprint density at radius 2 is 0.682 bits per heavy atom. The summed E-state index contributed by atoms with van der Waals surface area (Å²) in [5, 5.41) is 29.7. The van der Waals surface area contributed by atoms with Crippen LogP contribution in [0.5, 0.6) is 0 Å². The first kappa shape index (κ1) is 42.7. The van der Waals surface area contributed by atoms with Crippen molar-refractivity contribution in [3.8, 4) is 0 Å². The van der Waals surface area contributed by atoms with Crippen LogP contribution in [0.2, 0.25) is 0 Å². The molecule has 0 aromatic carbocycles. The molecule has 0 bridgehead atoms. The van der Waals surface area contributed by atoms with Gasteiger partial charge in [0.25, 0.3) is 23.9 Å². The topological polar surface area (TPSA) is 238 Å². The Hall–Kier alpha value is -1.72. The molecule has 0 aromatic rings. The van der Waals surface area contributed by atoms with Crippen molar-refractivity contribution >= 4 is 23.9 Å². The van der Waals surface area contributed by atoms with E-state index in [1.807, 2.05) is 0 Å². The summed E-state index contributed by atoms with van der Waals surface area (Å²) in [6, 6.07) is 0. The van der Waals surface area contributed by atoms with Gasteiger partial charge in [-0.15, -0.1) is 0 Å². The monoisotopic (exact) mass is 374 g/mol. The third-order valence-corrected chi connectivity index (χ3v) is 0.167. The average Bonchev–Trinajstić information content (AvgIpc) is 2.13. The van der Waals surface area contributed by atoms with Crippen LogP contribution in [0.4, 0.5) is 0 Å². The second kappa shape index (κ2) is 42.7. The molecule has 0 saturated carbocycles. The Morgan fingerprint density at radius 1 is 0.636 bits per heavy atom. The predicted molar refractivity (Wildman–Crippen MR) is 77.3 cm³/mol. The van der Waals surface area contributed by atoms with Crippen molar-refractivity contribution in [1.29, 1.82) is 0 Å². The van der Waals surface area contributed by atoms with Crippen molar-refractivity contribution in [1.82, 2.24) is 6.15 Å². The third kappa shape index (κ3) is 10500. The van der Waals surface area contributed by atoms with E-state index >= 15 is 0 Å². The summed E-state index contributed by atoms with van der Waals surface area (Å²) in [7, 11) is 0. The van der Waals surface area contributed by atoms with Gasteiger partial charge in [-0.3, -0.25) is 19.2 Å². The number of carboxylic acid groups (broad SMARTS) is 4. The van der Waals surface area contributed by atoms with Gasteiger partial charge in [0.1, 0.15) is 0 Å². The Morgan fingerprint density at radius 3 is 0.682 bits per heavy atom. The summed E-state index contributed by atoms with van der Waals surface area (Å²) >= 11 is 0. The fraction of sp³-hybridized carbons (Fsp3) is 0.600. The van der Waals surface area contributed by atoms with Gasteiger partial charge in [-0.2, -0.15) is 0 Å². The molecule has 135 valence electrons. The molecule has 0 spiro atoms. The number of quaternary nitrogens is 1. The molecule has 0 fully saturated rings. The van der Waals surface area contributed by atoms with Crippen molar-refractivity contribution in [2.75, 3.05) is 13.1 Å². The van der Waals surface area contributed by atoms with E-state index in [1.54, 1.807) is 0 Å². The predicted octanol–water partition coefficient (Wildman–Crippen LogP) is -0.359. The van der Waals surface area contributed by atoms with Gasteiger partial charge in [-0.25, -0.2) is 0 Å². The Balaban J connectivity index is -0.0000000250. The molecule has 0 amide bonds. The van der Waals surface area contributed by atoms with Crippen LogP contribution in [0.3, 0.4) is 0 Å². The number of aliphatic carboxylic acids is 4. The van der Waals surface area contributed by atoms with Crippen LogP contribution in [0.15, 0.2) is 0 Å². The minimum Gasteiger partial charge on any atom is -0.481 e. The normalized spacial score (nSPS) is 5.91. The van der Waals surface area contributed by atoms with Crippen molar-refractivity contribution in [2.24, 2.45) is 11.5 Å². The second-order valence-corrected chi connectivity index (χ2v) is 2.65. The van der Waals surface area contributed by atoms with E-state index in [4.69, 9.17) is 51.1 Å². The molecule has 0 saturated heterocycles. The van der Waals surface area contributed by atoms with E-state index in [0.717, 1.165) is 27.7 Å². The van der Waals surface area contributed by atoms with Gasteiger partial charge in [0.15, 0.2) is 0 Å². The summed E-state index contributed by atoms with van der Waals surface area (Å²) < 4.78 is 0. The number of rotatable bonds is 1. The summed E-state index contributed by atoms with van der Waals surface area (Å²) in [5.74, 6) is -3.33. The minimum atomic E-state index is -0.833. The van der Waals surface area contributed by atoms with Gasteiger partial charge >= 0.3 is 17.1 Å². The van der Waals surface area contributed by atoms with Crippen molar-refractivity contribution in [3.63, 3.8) is 0 Å². The Bertz CT molecular complexity index is 199. The molecule has 0 aromatic heterocycles. The summed E-state index contributed by atoms with van der Waals surface area (Å²) in [5.41, 5.74) is 9.81. The van der Waals surface area contributed by atoms with Gasteiger partial charge in [0, 0.05) is 40.8 Å². The van der Waals surface area contributed by atoms with E-state index in [0.29, 0.717) is 13.1 Å². The summed E-state index contributed by atoms with van der Waals surface area (Å²) in [6.45, 7) is 5.53. The van der Waals surface area contributed by atoms with Crippen LogP contribution >= 0.6 is 0 Å². The zero-order valence-electron chi connectivity index (χ0n) is 13.3. The first-order valence-corrected chi connectivity index (χ1v) is 5.03. The maximum Gasteiger partial charge on any atom is 3.00 e. The van der Waals surface area contributed by atoms with E-state index < -0.39 is 23.9 Å². The number of nitrogens with two attached hydrogens (primary N) is 2. The third-order valence-electron chi connectivity index (χ3n) is 0.167. The molecule has 22 heavy (non-hydrogen) atoms. The molecule has 0 rings (SSSR count). The molecule has 12 N–H and O–H groups in total. The van der Waals surface area contributed by atoms with Crippen LogP contribution in [0, 0.1) is 0 Å². The van der Waals surface area contributed by atoms with Crippen molar-refractivity contribution in [3.05, 3.63) is 0 Å². The van der Waals surface area contributed by atoms with E-state index in [9.17, 15) is 0 Å². The van der Waals surface area contributed by atoms with E-state index in [-0.39, 0.29) is 23.2 Å². The zero-order valence-corrected chi connectivity index (χ0v) is 14.4. The van der Waals surface area contributed by atoms with Crippen molar-refractivity contribution in [2.45, 2.75) is 27.7 Å². The largest absolute Gasteiger partial charge is 3.00 e. The van der Waals surface area contributed by atoms with Crippen LogP contribution < -0.4 is 17.6 Å². The number of carboxylic acids is 4. The number of hydrogen-bond acceptors (Lipinski definition) is 6. The van der Waals surface area contributed by atoms with Gasteiger partial charge < -0.3 is 38.0 Å². The summed E-state index contributed by atoms with van der Waals surface area (Å²) in [6.07, 6.45) is 0. The molecular formula is C10H28FeN3O8+4. The quantitative estimate of drug-likeness (QED) is 0.294. The fourth-order valence-electron chi connectivity index (χ4n) is 0. The van der Waals surface area contributed by atoms with E-state index in [2.05, 4.69) is 0 Å². The van der Waals surface area contributed by atoms with Crippen LogP contribution in [-0.4, -0.2) is 57.4 Å². The van der Waals surface area contributed by atoms with Crippen LogP contribution in [0.1, 0.15) is 27.7 Å². The molecular weight excluding hydrogens is 346 g/mol. The number of hydrogen-bond donors (Lipinski definition) is 7. The zero-order chi connectivity index (χ0) is 17.7. The Kier molecular flexibility index (Phi) is 83.0. The van der Waals surface area contributed by atoms with Crippen LogP contribution in [-0.2, 0) is 36.2 Å². The van der Waals surface area contributed by atoms with Gasteiger partial charge in [0.05, 0.1) is 0 Å². The summed E-state index contributed by atoms with van der Waals surface area (Å²) in [4.78, 5) is 36.0. The van der Waals surface area contributed by atoms with Gasteiger partial charge in [0.2, 0.25) is 0 Å². The fourth-order valence-corrected chi connectivity index (χ4v) is 0.